The van der Waals surface area contributed by atoms with Crippen LogP contribution in [-0.4, -0.2) is 30.0 Å². The van der Waals surface area contributed by atoms with Gasteiger partial charge in [0.1, 0.15) is 5.75 Å². The van der Waals surface area contributed by atoms with E-state index in [9.17, 15) is 27.6 Å². The van der Waals surface area contributed by atoms with Gasteiger partial charge in [0.2, 0.25) is 5.91 Å². The number of amides is 3. The van der Waals surface area contributed by atoms with Crippen molar-refractivity contribution in [2.75, 3.05) is 11.4 Å². The predicted molar refractivity (Wildman–Crippen MR) is 128 cm³/mol. The van der Waals surface area contributed by atoms with E-state index >= 15 is 0 Å². The number of halogens is 3. The van der Waals surface area contributed by atoms with E-state index < -0.39 is 28.7 Å². The van der Waals surface area contributed by atoms with Crippen LogP contribution in [0.15, 0.2) is 35.2 Å². The highest BCUT2D eigenvalue weighted by Crippen LogP contribution is 2.45. The van der Waals surface area contributed by atoms with Crippen molar-refractivity contribution < 1.29 is 32.3 Å². The number of ether oxygens (including phenoxy) is 1. The summed E-state index contributed by atoms with van der Waals surface area (Å²) in [6, 6.07) is 7.67. The molecule has 0 saturated carbocycles. The van der Waals surface area contributed by atoms with Crippen molar-refractivity contribution in [3.63, 3.8) is 0 Å². The molecule has 184 valence electrons. The fourth-order valence-electron chi connectivity index (χ4n) is 4.44. The first kappa shape index (κ1) is 24.8. The highest BCUT2D eigenvalue weighted by Gasteiger charge is 2.37. The quantitative estimate of drug-likeness (QED) is 0.524. The van der Waals surface area contributed by atoms with Gasteiger partial charge in [0.05, 0.1) is 4.91 Å². The Morgan fingerprint density at radius 3 is 2.46 bits per heavy atom. The smallest absolute Gasteiger partial charge is 0.405 e. The highest BCUT2D eigenvalue weighted by atomic mass is 32.2. The molecule has 0 aromatic heterocycles. The standard InChI is InChI=1S/C25H23F3N2O4S/c1-5-30-18-11-15(13(2)8-17(18)24(3,4)12-21(30)31)16-9-14(6-7-19(16)34-25(26,27)28)10-20-22(32)29-23(33)35-20/h6-11H,5,12H2,1-4H3,(H,29,32,33). The molecule has 1 N–H and O–H groups in total. The average Bonchev–Trinajstić information content (AvgIpc) is 3.05. The van der Waals surface area contributed by atoms with E-state index in [1.807, 2.05) is 26.8 Å². The first-order chi connectivity index (χ1) is 16.3. The number of carbonyl (C=O) groups excluding carboxylic acids is 3. The van der Waals surface area contributed by atoms with Gasteiger partial charge in [-0.3, -0.25) is 19.7 Å². The van der Waals surface area contributed by atoms with E-state index in [2.05, 4.69) is 10.1 Å². The van der Waals surface area contributed by atoms with Crippen molar-refractivity contribution in [2.45, 2.75) is 45.9 Å². The van der Waals surface area contributed by atoms with Gasteiger partial charge in [0.15, 0.2) is 0 Å². The van der Waals surface area contributed by atoms with Gasteiger partial charge in [-0.1, -0.05) is 26.0 Å². The van der Waals surface area contributed by atoms with Gasteiger partial charge in [-0.05, 0) is 72.1 Å². The second kappa shape index (κ2) is 8.75. The van der Waals surface area contributed by atoms with Crippen LogP contribution in [0.5, 0.6) is 5.75 Å². The maximum absolute atomic E-state index is 13.2. The number of nitrogens with zero attached hydrogens (tertiary/aromatic N) is 1. The molecule has 1 fully saturated rings. The number of hydrogen-bond acceptors (Lipinski definition) is 5. The fraction of sp³-hybridized carbons (Fsp3) is 0.320. The molecule has 0 spiro atoms. The third kappa shape index (κ3) is 4.93. The number of benzene rings is 2. The van der Waals surface area contributed by atoms with E-state index in [0.717, 1.165) is 5.56 Å². The molecule has 0 unspecified atom stereocenters. The normalized spacial score (nSPS) is 18.7. The van der Waals surface area contributed by atoms with Crippen LogP contribution in [0.25, 0.3) is 17.2 Å². The largest absolute Gasteiger partial charge is 0.573 e. The van der Waals surface area contributed by atoms with Crippen molar-refractivity contribution in [2.24, 2.45) is 0 Å². The summed E-state index contributed by atoms with van der Waals surface area (Å²) in [5.41, 5.74) is 2.90. The molecule has 10 heteroatoms. The summed E-state index contributed by atoms with van der Waals surface area (Å²) in [6.45, 7) is 7.98. The van der Waals surface area contributed by atoms with Crippen LogP contribution in [0.2, 0.25) is 0 Å². The summed E-state index contributed by atoms with van der Waals surface area (Å²) in [5, 5.41) is 1.63. The lowest BCUT2D eigenvalue weighted by molar-refractivity contribution is -0.274. The molecule has 0 atom stereocenters. The molecule has 0 aliphatic carbocycles. The number of hydrogen-bond donors (Lipinski definition) is 1. The summed E-state index contributed by atoms with van der Waals surface area (Å²) in [6.07, 6.45) is -3.15. The lowest BCUT2D eigenvalue weighted by atomic mass is 9.75. The Morgan fingerprint density at radius 2 is 1.86 bits per heavy atom. The molecular weight excluding hydrogens is 481 g/mol. The maximum Gasteiger partial charge on any atom is 0.573 e. The molecular formula is C25H23F3N2O4S. The Bertz CT molecular complexity index is 1280. The Balaban J connectivity index is 1.91. The average molecular weight is 505 g/mol. The van der Waals surface area contributed by atoms with Crippen molar-refractivity contribution in [1.82, 2.24) is 5.32 Å². The minimum absolute atomic E-state index is 0.0565. The Kier molecular flexibility index (Phi) is 6.21. The van der Waals surface area contributed by atoms with Gasteiger partial charge in [0.25, 0.3) is 11.1 Å². The molecule has 2 aliphatic heterocycles. The SMILES string of the molecule is CCN1C(=O)CC(C)(C)c2cc(C)c(-c3cc(C=C4SC(=O)NC4=O)ccc3OC(F)(F)F)cc21. The minimum atomic E-state index is -4.92. The van der Waals surface area contributed by atoms with Gasteiger partial charge in [-0.2, -0.15) is 0 Å². The number of aryl methyl sites for hydroxylation is 1. The number of rotatable bonds is 4. The molecule has 2 aliphatic rings. The van der Waals surface area contributed by atoms with Crippen LogP contribution in [0.3, 0.4) is 0 Å². The molecule has 35 heavy (non-hydrogen) atoms. The fourth-order valence-corrected chi connectivity index (χ4v) is 5.12. The summed E-state index contributed by atoms with van der Waals surface area (Å²) in [4.78, 5) is 38.0. The lowest BCUT2D eigenvalue weighted by Crippen LogP contribution is -2.41. The van der Waals surface area contributed by atoms with Crippen molar-refractivity contribution in [3.05, 3.63) is 51.9 Å². The van der Waals surface area contributed by atoms with Crippen LogP contribution >= 0.6 is 11.8 Å². The van der Waals surface area contributed by atoms with Gasteiger partial charge in [0, 0.05) is 29.6 Å². The van der Waals surface area contributed by atoms with E-state index in [0.29, 0.717) is 47.1 Å². The first-order valence-corrected chi connectivity index (χ1v) is 11.7. The summed E-state index contributed by atoms with van der Waals surface area (Å²) in [7, 11) is 0. The van der Waals surface area contributed by atoms with E-state index in [-0.39, 0.29) is 16.4 Å². The van der Waals surface area contributed by atoms with Crippen LogP contribution in [0.4, 0.5) is 23.7 Å². The number of alkyl halides is 3. The van der Waals surface area contributed by atoms with Crippen molar-refractivity contribution >= 4 is 40.6 Å². The number of carbonyl (C=O) groups is 3. The van der Waals surface area contributed by atoms with Crippen LogP contribution < -0.4 is 15.0 Å². The molecule has 2 aromatic rings. The highest BCUT2D eigenvalue weighted by molar-refractivity contribution is 8.18. The Morgan fingerprint density at radius 1 is 1.14 bits per heavy atom. The lowest BCUT2D eigenvalue weighted by Gasteiger charge is -2.39. The van der Waals surface area contributed by atoms with Gasteiger partial charge in [-0.25, -0.2) is 0 Å². The van der Waals surface area contributed by atoms with Crippen molar-refractivity contribution in [3.8, 4) is 16.9 Å². The van der Waals surface area contributed by atoms with Gasteiger partial charge >= 0.3 is 6.36 Å². The predicted octanol–water partition coefficient (Wildman–Crippen LogP) is 5.92. The summed E-state index contributed by atoms with van der Waals surface area (Å²) < 4.78 is 44.0. The molecule has 1 saturated heterocycles. The molecule has 3 amide bonds. The third-order valence-corrected chi connectivity index (χ3v) is 6.84. The zero-order valence-corrected chi connectivity index (χ0v) is 20.3. The Hall–Kier alpha value is -3.27. The van der Waals surface area contributed by atoms with Crippen LogP contribution in [0, 0.1) is 6.92 Å². The Labute approximate surface area is 204 Å². The van der Waals surface area contributed by atoms with Crippen LogP contribution in [0.1, 0.15) is 43.9 Å². The second-order valence-electron chi connectivity index (χ2n) is 9.04. The topological polar surface area (TPSA) is 75.7 Å². The van der Waals surface area contributed by atoms with Gasteiger partial charge in [-0.15, -0.1) is 13.2 Å². The zero-order valence-electron chi connectivity index (χ0n) is 19.5. The monoisotopic (exact) mass is 504 g/mol. The summed E-state index contributed by atoms with van der Waals surface area (Å²) >= 11 is 0.716. The van der Waals surface area contributed by atoms with Crippen molar-refractivity contribution in [1.29, 1.82) is 0 Å². The molecule has 6 nitrogen and oxygen atoms in total. The number of thioether (sulfide) groups is 1. The molecule has 4 rings (SSSR count). The van der Waals surface area contributed by atoms with Gasteiger partial charge < -0.3 is 9.64 Å². The van der Waals surface area contributed by atoms with E-state index in [1.54, 1.807) is 17.9 Å². The zero-order chi connectivity index (χ0) is 25.7. The summed E-state index contributed by atoms with van der Waals surface area (Å²) in [5.74, 6) is -1.04. The van der Waals surface area contributed by atoms with Crippen LogP contribution in [-0.2, 0) is 15.0 Å². The van der Waals surface area contributed by atoms with E-state index in [4.69, 9.17) is 0 Å². The number of imide groups is 1. The molecule has 2 heterocycles. The minimum Gasteiger partial charge on any atom is -0.405 e. The van der Waals surface area contributed by atoms with E-state index in [1.165, 1.54) is 24.3 Å². The third-order valence-electron chi connectivity index (χ3n) is 6.03. The number of fused-ring (bicyclic) bond motifs is 1. The number of nitrogens with one attached hydrogen (secondary N) is 1. The molecule has 0 radical (unpaired) electrons. The molecule has 2 aromatic carbocycles. The number of anilines is 1. The first-order valence-electron chi connectivity index (χ1n) is 10.9. The maximum atomic E-state index is 13.2. The molecule has 0 bridgehead atoms. The second-order valence-corrected chi connectivity index (χ2v) is 10.1.